The molecule has 0 saturated carbocycles. The van der Waals surface area contributed by atoms with Gasteiger partial charge in [0.25, 0.3) is 0 Å². The molecule has 2 aliphatic heterocycles. The van der Waals surface area contributed by atoms with Gasteiger partial charge in [0.15, 0.2) is 5.82 Å². The van der Waals surface area contributed by atoms with E-state index in [1.54, 1.807) is 24.3 Å². The minimum absolute atomic E-state index is 0.222. The summed E-state index contributed by atoms with van der Waals surface area (Å²) in [6.07, 6.45) is 0.526. The van der Waals surface area contributed by atoms with Crippen LogP contribution >= 0.6 is 0 Å². The molecule has 3 heterocycles. The summed E-state index contributed by atoms with van der Waals surface area (Å²) in [5, 5.41) is 0. The Balaban J connectivity index is 1.54. The molecular weight excluding hydrogens is 440 g/mol. The fraction of sp³-hybridized carbons (Fsp3) is 0.333. The third-order valence-electron chi connectivity index (χ3n) is 6.02. The molecule has 1 fully saturated rings. The Morgan fingerprint density at radius 2 is 1.76 bits per heavy atom. The van der Waals surface area contributed by atoms with Gasteiger partial charge in [-0.3, -0.25) is 0 Å². The van der Waals surface area contributed by atoms with Crippen molar-refractivity contribution in [2.75, 3.05) is 44.9 Å². The number of ether oxygens (including phenoxy) is 2. The second kappa shape index (κ2) is 9.09. The van der Waals surface area contributed by atoms with Crippen molar-refractivity contribution in [2.45, 2.75) is 17.9 Å². The first kappa shape index (κ1) is 21.8. The number of nitrogens with zero attached hydrogens (tertiary/aromatic N) is 4. The van der Waals surface area contributed by atoms with Crippen LogP contribution in [0.3, 0.4) is 0 Å². The third-order valence-corrected chi connectivity index (χ3v) is 7.87. The van der Waals surface area contributed by atoms with Gasteiger partial charge in [-0.15, -0.1) is 0 Å². The molecule has 1 saturated heterocycles. The second-order valence-corrected chi connectivity index (χ2v) is 9.97. The molecule has 0 N–H and O–H groups in total. The Bertz CT molecular complexity index is 1240. The smallest absolute Gasteiger partial charge is 0.243 e. The molecule has 5 rings (SSSR count). The Labute approximate surface area is 193 Å². The van der Waals surface area contributed by atoms with Crippen molar-refractivity contribution in [2.24, 2.45) is 0 Å². The van der Waals surface area contributed by atoms with Gasteiger partial charge in [-0.2, -0.15) is 4.31 Å². The van der Waals surface area contributed by atoms with Gasteiger partial charge in [-0.05, 0) is 12.1 Å². The van der Waals surface area contributed by atoms with Crippen molar-refractivity contribution >= 4 is 15.8 Å². The van der Waals surface area contributed by atoms with E-state index in [1.807, 2.05) is 30.3 Å². The van der Waals surface area contributed by atoms with Gasteiger partial charge < -0.3 is 14.4 Å². The quantitative estimate of drug-likeness (QED) is 0.572. The Morgan fingerprint density at radius 3 is 2.52 bits per heavy atom. The zero-order valence-electron chi connectivity index (χ0n) is 18.5. The molecule has 3 aromatic rings. The number of sulfonamides is 1. The minimum atomic E-state index is -3.69. The first-order valence-corrected chi connectivity index (χ1v) is 12.4. The highest BCUT2D eigenvalue weighted by molar-refractivity contribution is 7.89. The highest BCUT2D eigenvalue weighted by Crippen LogP contribution is 2.33. The lowest BCUT2D eigenvalue weighted by Crippen LogP contribution is -2.41. The Hall–Kier alpha value is -3.01. The van der Waals surface area contributed by atoms with Crippen LogP contribution in [0.5, 0.6) is 5.75 Å². The Morgan fingerprint density at radius 1 is 0.970 bits per heavy atom. The van der Waals surface area contributed by atoms with E-state index in [0.717, 1.165) is 22.6 Å². The van der Waals surface area contributed by atoms with Crippen molar-refractivity contribution in [3.05, 3.63) is 65.9 Å². The fourth-order valence-corrected chi connectivity index (χ4v) is 5.69. The van der Waals surface area contributed by atoms with Gasteiger partial charge in [-0.1, -0.05) is 36.4 Å². The lowest BCUT2D eigenvalue weighted by molar-refractivity contribution is 0.122. The van der Waals surface area contributed by atoms with Crippen LogP contribution in [-0.2, 0) is 27.7 Å². The molecular formula is C24H26N4O4S. The van der Waals surface area contributed by atoms with E-state index in [2.05, 4.69) is 4.90 Å². The molecule has 0 bridgehead atoms. The van der Waals surface area contributed by atoms with Crippen LogP contribution in [0.1, 0.15) is 11.3 Å². The summed E-state index contributed by atoms with van der Waals surface area (Å²) in [5.41, 5.74) is 2.72. The molecule has 172 valence electrons. The molecule has 0 radical (unpaired) electrons. The van der Waals surface area contributed by atoms with Gasteiger partial charge in [0, 0.05) is 49.8 Å². The highest BCUT2D eigenvalue weighted by atomic mass is 32.2. The van der Waals surface area contributed by atoms with E-state index in [0.29, 0.717) is 50.8 Å². The number of morpholine rings is 1. The Kier molecular flexibility index (Phi) is 6.01. The molecule has 0 atom stereocenters. The number of hydrogen-bond donors (Lipinski definition) is 0. The van der Waals surface area contributed by atoms with E-state index in [1.165, 1.54) is 11.4 Å². The van der Waals surface area contributed by atoms with Crippen LogP contribution in [0.4, 0.5) is 5.82 Å². The normalized spacial score (nSPS) is 16.9. The van der Waals surface area contributed by atoms with E-state index in [9.17, 15) is 8.42 Å². The van der Waals surface area contributed by atoms with Crippen molar-refractivity contribution in [1.82, 2.24) is 14.3 Å². The van der Waals surface area contributed by atoms with E-state index in [-0.39, 0.29) is 11.4 Å². The summed E-state index contributed by atoms with van der Waals surface area (Å²) < 4.78 is 39.1. The molecule has 2 aliphatic rings. The van der Waals surface area contributed by atoms with Crippen molar-refractivity contribution in [3.8, 4) is 17.1 Å². The number of rotatable bonds is 5. The van der Waals surface area contributed by atoms with Crippen molar-refractivity contribution in [3.63, 3.8) is 0 Å². The number of aromatic nitrogens is 2. The van der Waals surface area contributed by atoms with E-state index in [4.69, 9.17) is 19.4 Å². The average molecular weight is 467 g/mol. The molecule has 0 aliphatic carbocycles. The molecule has 0 spiro atoms. The largest absolute Gasteiger partial charge is 0.497 e. The van der Waals surface area contributed by atoms with E-state index < -0.39 is 10.0 Å². The van der Waals surface area contributed by atoms with Crippen LogP contribution in [0, 0.1) is 0 Å². The van der Waals surface area contributed by atoms with Crippen LogP contribution in [0.2, 0.25) is 0 Å². The van der Waals surface area contributed by atoms with Crippen molar-refractivity contribution < 1.29 is 17.9 Å². The van der Waals surface area contributed by atoms with Gasteiger partial charge in [-0.25, -0.2) is 18.4 Å². The molecule has 0 amide bonds. The predicted octanol–water partition coefficient (Wildman–Crippen LogP) is 2.74. The van der Waals surface area contributed by atoms with Crippen LogP contribution in [0.25, 0.3) is 11.4 Å². The number of hydrogen-bond acceptors (Lipinski definition) is 7. The molecule has 33 heavy (non-hydrogen) atoms. The molecule has 0 unspecified atom stereocenters. The summed E-state index contributed by atoms with van der Waals surface area (Å²) in [6, 6.07) is 16.5. The number of methoxy groups -OCH3 is 1. The molecule has 2 aromatic carbocycles. The average Bonchev–Trinajstić information content (AvgIpc) is 2.88. The fourth-order valence-electron chi connectivity index (χ4n) is 4.24. The van der Waals surface area contributed by atoms with Crippen LogP contribution in [0.15, 0.2) is 59.5 Å². The second-order valence-electron chi connectivity index (χ2n) is 8.03. The van der Waals surface area contributed by atoms with Gasteiger partial charge in [0.1, 0.15) is 11.6 Å². The summed E-state index contributed by atoms with van der Waals surface area (Å²) in [7, 11) is -2.17. The zero-order chi connectivity index (χ0) is 22.8. The lowest BCUT2D eigenvalue weighted by atomic mass is 10.1. The number of benzene rings is 2. The number of fused-ring (bicyclic) bond motifs is 1. The van der Waals surface area contributed by atoms with Crippen LogP contribution < -0.4 is 9.64 Å². The monoisotopic (exact) mass is 466 g/mol. The van der Waals surface area contributed by atoms with E-state index >= 15 is 0 Å². The minimum Gasteiger partial charge on any atom is -0.497 e. The third kappa shape index (κ3) is 4.31. The summed E-state index contributed by atoms with van der Waals surface area (Å²) in [5.74, 6) is 1.98. The molecule has 8 nitrogen and oxygen atoms in total. The first-order valence-electron chi connectivity index (χ1n) is 11.0. The summed E-state index contributed by atoms with van der Waals surface area (Å²) in [4.78, 5) is 12.2. The number of anilines is 1. The molecule has 9 heteroatoms. The molecule has 1 aromatic heterocycles. The summed E-state index contributed by atoms with van der Waals surface area (Å²) in [6.45, 7) is 3.24. The first-order chi connectivity index (χ1) is 16.1. The predicted molar refractivity (Wildman–Crippen MR) is 125 cm³/mol. The summed E-state index contributed by atoms with van der Waals surface area (Å²) >= 11 is 0. The van der Waals surface area contributed by atoms with Crippen molar-refractivity contribution in [1.29, 1.82) is 0 Å². The maximum atomic E-state index is 13.4. The standard InChI is InChI=1S/C24H26N4O4S/c1-31-19-8-5-9-20(16-19)33(29,30)28-11-10-22-21(17-28)24(27-12-14-32-15-13-27)26-23(25-22)18-6-3-2-4-7-18/h2-9,16H,10-15,17H2,1H3. The van der Waals surface area contributed by atoms with Gasteiger partial charge >= 0.3 is 0 Å². The lowest BCUT2D eigenvalue weighted by Gasteiger charge is -2.34. The van der Waals surface area contributed by atoms with Gasteiger partial charge in [0.2, 0.25) is 10.0 Å². The zero-order valence-corrected chi connectivity index (χ0v) is 19.3. The topological polar surface area (TPSA) is 84.9 Å². The van der Waals surface area contributed by atoms with Gasteiger partial charge in [0.05, 0.1) is 30.9 Å². The maximum Gasteiger partial charge on any atom is 0.243 e. The SMILES string of the molecule is COc1cccc(S(=O)(=O)N2CCc3nc(-c4ccccc4)nc(N4CCOCC4)c3C2)c1. The van der Waals surface area contributed by atoms with Crippen LogP contribution in [-0.4, -0.2) is 62.6 Å². The maximum absolute atomic E-state index is 13.4. The highest BCUT2D eigenvalue weighted by Gasteiger charge is 2.33.